The number of benzene rings is 3. The van der Waals surface area contributed by atoms with E-state index in [1.165, 1.54) is 12.1 Å². The number of ether oxygens (including phenoxy) is 3. The molecule has 0 aromatic heterocycles. The van der Waals surface area contributed by atoms with Gasteiger partial charge in [-0.15, -0.1) is 13.2 Å². The predicted octanol–water partition coefficient (Wildman–Crippen LogP) is 6.91. The molecule has 11 heteroatoms. The topological polar surface area (TPSA) is 65.1 Å². The van der Waals surface area contributed by atoms with E-state index in [2.05, 4.69) is 9.64 Å². The van der Waals surface area contributed by atoms with Crippen LogP contribution < -0.4 is 9.47 Å². The van der Waals surface area contributed by atoms with E-state index in [4.69, 9.17) is 21.1 Å². The first-order valence-electron chi connectivity index (χ1n) is 13.0. The monoisotopic (exact) mass is 597 g/mol. The van der Waals surface area contributed by atoms with Crippen LogP contribution in [0.5, 0.6) is 11.5 Å². The summed E-state index contributed by atoms with van der Waals surface area (Å²) in [5, 5.41) is 0.722. The molecule has 1 aliphatic rings. The number of piperidine rings is 1. The molecule has 0 atom stereocenters. The number of hydrogen-bond donors (Lipinski definition) is 0. The Kier molecular flexibility index (Phi) is 10.3. The summed E-state index contributed by atoms with van der Waals surface area (Å²) in [4.78, 5) is 2.32. The molecule has 1 fully saturated rings. The minimum absolute atomic E-state index is 0.0184. The van der Waals surface area contributed by atoms with E-state index in [1.54, 1.807) is 12.1 Å². The van der Waals surface area contributed by atoms with E-state index in [9.17, 15) is 21.6 Å². The molecule has 3 aromatic rings. The Bertz CT molecular complexity index is 1310. The summed E-state index contributed by atoms with van der Waals surface area (Å²) in [5.74, 6) is 0.0606. The van der Waals surface area contributed by atoms with Crippen LogP contribution >= 0.6 is 11.6 Å². The fourth-order valence-electron chi connectivity index (χ4n) is 4.39. The summed E-state index contributed by atoms with van der Waals surface area (Å²) in [6, 6.07) is 17.8. The van der Waals surface area contributed by atoms with E-state index in [0.717, 1.165) is 80.2 Å². The molecule has 40 heavy (non-hydrogen) atoms. The second-order valence-electron chi connectivity index (χ2n) is 9.53. The van der Waals surface area contributed by atoms with E-state index in [0.29, 0.717) is 19.0 Å². The fourth-order valence-corrected chi connectivity index (χ4v) is 5.78. The lowest BCUT2D eigenvalue weighted by Gasteiger charge is -2.31. The number of rotatable bonds is 12. The van der Waals surface area contributed by atoms with Gasteiger partial charge < -0.3 is 19.1 Å². The third kappa shape index (κ3) is 9.12. The molecule has 3 aromatic carbocycles. The van der Waals surface area contributed by atoms with Crippen molar-refractivity contribution in [3.05, 3.63) is 83.4 Å². The lowest BCUT2D eigenvalue weighted by atomic mass is 10.1. The molecule has 0 radical (unpaired) electrons. The molecule has 0 bridgehead atoms. The zero-order chi connectivity index (χ0) is 28.6. The predicted molar refractivity (Wildman–Crippen MR) is 145 cm³/mol. The van der Waals surface area contributed by atoms with Crippen molar-refractivity contribution in [3.63, 3.8) is 0 Å². The van der Waals surface area contributed by atoms with Gasteiger partial charge in [0.15, 0.2) is 0 Å². The van der Waals surface area contributed by atoms with Gasteiger partial charge in [0.25, 0.3) is 0 Å². The van der Waals surface area contributed by atoms with Gasteiger partial charge in [0, 0.05) is 18.1 Å². The van der Waals surface area contributed by atoms with Gasteiger partial charge in [0.2, 0.25) is 9.84 Å². The lowest BCUT2D eigenvalue weighted by molar-refractivity contribution is -0.274. The first-order chi connectivity index (χ1) is 19.1. The number of halogens is 4. The van der Waals surface area contributed by atoms with Crippen LogP contribution in [0.1, 0.15) is 31.2 Å². The second-order valence-corrected chi connectivity index (χ2v) is 11.9. The Hall–Kier alpha value is -2.79. The van der Waals surface area contributed by atoms with Crippen LogP contribution in [-0.2, 0) is 21.2 Å². The second kappa shape index (κ2) is 13.7. The van der Waals surface area contributed by atoms with Crippen molar-refractivity contribution in [3.8, 4) is 11.5 Å². The van der Waals surface area contributed by atoms with E-state index in [-0.39, 0.29) is 15.9 Å². The Balaban J connectivity index is 1.13. The molecule has 1 saturated heterocycles. The number of sulfone groups is 1. The Morgan fingerprint density at radius 1 is 0.825 bits per heavy atom. The first kappa shape index (κ1) is 30.2. The molecular weight excluding hydrogens is 567 g/mol. The van der Waals surface area contributed by atoms with Gasteiger partial charge in [-0.2, -0.15) is 0 Å². The summed E-state index contributed by atoms with van der Waals surface area (Å²) in [7, 11) is -3.89. The molecule has 6 nitrogen and oxygen atoms in total. The van der Waals surface area contributed by atoms with Crippen LogP contribution in [0.2, 0.25) is 5.02 Å². The van der Waals surface area contributed by atoms with Crippen LogP contribution in [0.25, 0.3) is 0 Å². The molecule has 1 aliphatic heterocycles. The highest BCUT2D eigenvalue weighted by Gasteiger charge is 2.31. The summed E-state index contributed by atoms with van der Waals surface area (Å²) in [6.45, 7) is 4.09. The van der Waals surface area contributed by atoms with Crippen molar-refractivity contribution < 1.29 is 35.8 Å². The van der Waals surface area contributed by atoms with Crippen molar-refractivity contribution >= 4 is 21.4 Å². The highest BCUT2D eigenvalue weighted by atomic mass is 35.5. The summed E-state index contributed by atoms with van der Waals surface area (Å²) in [6.07, 6.45) is -0.724. The van der Waals surface area contributed by atoms with Crippen LogP contribution in [0.15, 0.2) is 82.6 Å². The fraction of sp³-hybridized carbons (Fsp3) is 0.379. The van der Waals surface area contributed by atoms with Gasteiger partial charge >= 0.3 is 6.36 Å². The van der Waals surface area contributed by atoms with Crippen LogP contribution in [0.3, 0.4) is 0 Å². The largest absolute Gasteiger partial charge is 0.573 e. The van der Waals surface area contributed by atoms with Crippen molar-refractivity contribution in [2.75, 3.05) is 26.2 Å². The van der Waals surface area contributed by atoms with Crippen LogP contribution in [0, 0.1) is 0 Å². The van der Waals surface area contributed by atoms with Crippen molar-refractivity contribution in [2.45, 2.75) is 54.5 Å². The van der Waals surface area contributed by atoms with E-state index >= 15 is 0 Å². The van der Waals surface area contributed by atoms with Gasteiger partial charge in [0.05, 0.1) is 29.1 Å². The van der Waals surface area contributed by atoms with Gasteiger partial charge in [0.1, 0.15) is 11.5 Å². The number of nitrogens with zero attached hydrogens (tertiary/aromatic N) is 1. The minimum atomic E-state index is -4.85. The maximum Gasteiger partial charge on any atom is 0.573 e. The molecule has 216 valence electrons. The molecule has 0 saturated carbocycles. The molecule has 1 heterocycles. The Morgan fingerprint density at radius 2 is 1.40 bits per heavy atom. The number of hydrogen-bond acceptors (Lipinski definition) is 6. The van der Waals surface area contributed by atoms with Gasteiger partial charge in [-0.25, -0.2) is 8.42 Å². The highest BCUT2D eigenvalue weighted by molar-refractivity contribution is 7.91. The third-order valence-corrected chi connectivity index (χ3v) is 8.61. The number of alkyl halides is 3. The SMILES string of the molecule is O=S(=O)(c1ccc(OCCCCN2CCC(OCc3ccc(Cl)cc3)CC2)cc1)c1ccc(OC(F)(F)F)cc1. The molecule has 0 unspecified atom stereocenters. The first-order valence-corrected chi connectivity index (χ1v) is 14.9. The van der Waals surface area contributed by atoms with Gasteiger partial charge in [-0.1, -0.05) is 23.7 Å². The third-order valence-electron chi connectivity index (χ3n) is 6.57. The molecule has 0 spiro atoms. The van der Waals surface area contributed by atoms with Gasteiger partial charge in [-0.3, -0.25) is 0 Å². The lowest BCUT2D eigenvalue weighted by Crippen LogP contribution is -2.37. The van der Waals surface area contributed by atoms with Crippen molar-refractivity contribution in [1.82, 2.24) is 4.90 Å². The minimum Gasteiger partial charge on any atom is -0.494 e. The summed E-state index contributed by atoms with van der Waals surface area (Å²) in [5.41, 5.74) is 1.12. The molecule has 4 rings (SSSR count). The zero-order valence-corrected chi connectivity index (χ0v) is 23.4. The maximum absolute atomic E-state index is 12.8. The van der Waals surface area contributed by atoms with Crippen molar-refractivity contribution in [1.29, 1.82) is 0 Å². The molecule has 0 aliphatic carbocycles. The Morgan fingerprint density at radius 3 is 1.98 bits per heavy atom. The molecular formula is C29H31ClF3NO5S. The standard InChI is InChI=1S/C29H31ClF3NO5S/c30-23-5-3-22(4-6-23)21-38-25-15-18-34(19-16-25)17-1-2-20-37-24-7-11-27(12-8-24)40(35,36)28-13-9-26(10-14-28)39-29(31,32)33/h3-14,25H,1-2,15-21H2. The summed E-state index contributed by atoms with van der Waals surface area (Å²) < 4.78 is 78.2. The highest BCUT2D eigenvalue weighted by Crippen LogP contribution is 2.27. The zero-order valence-electron chi connectivity index (χ0n) is 21.8. The summed E-state index contributed by atoms with van der Waals surface area (Å²) >= 11 is 5.93. The average molecular weight is 598 g/mol. The number of likely N-dealkylation sites (tertiary alicyclic amines) is 1. The maximum atomic E-state index is 12.8. The van der Waals surface area contributed by atoms with Crippen molar-refractivity contribution in [2.24, 2.45) is 0 Å². The average Bonchev–Trinajstić information content (AvgIpc) is 2.93. The number of unbranched alkanes of at least 4 members (excludes halogenated alkanes) is 1. The smallest absolute Gasteiger partial charge is 0.494 e. The normalized spacial score (nSPS) is 15.2. The van der Waals surface area contributed by atoms with E-state index < -0.39 is 21.9 Å². The Labute approximate surface area is 237 Å². The van der Waals surface area contributed by atoms with Crippen LogP contribution in [0.4, 0.5) is 13.2 Å². The quantitative estimate of drug-likeness (QED) is 0.211. The van der Waals surface area contributed by atoms with Gasteiger partial charge in [-0.05, 0) is 98.5 Å². The van der Waals surface area contributed by atoms with E-state index in [1.807, 2.05) is 24.3 Å². The van der Waals surface area contributed by atoms with Crippen LogP contribution in [-0.4, -0.2) is 52.0 Å². The molecule has 0 N–H and O–H groups in total. The molecule has 0 amide bonds.